The Morgan fingerprint density at radius 1 is 0.919 bits per heavy atom. The van der Waals surface area contributed by atoms with Gasteiger partial charge < -0.3 is 15.5 Å². The number of pyridine rings is 1. The highest BCUT2D eigenvalue weighted by Crippen LogP contribution is 2.28. The van der Waals surface area contributed by atoms with E-state index < -0.39 is 11.7 Å². The van der Waals surface area contributed by atoms with E-state index in [1.54, 1.807) is 12.1 Å². The van der Waals surface area contributed by atoms with Crippen LogP contribution < -0.4 is 15.5 Å². The van der Waals surface area contributed by atoms with Crippen LogP contribution in [0.2, 0.25) is 0 Å². The van der Waals surface area contributed by atoms with Gasteiger partial charge in [-0.05, 0) is 85.0 Å². The lowest BCUT2D eigenvalue weighted by Gasteiger charge is -2.36. The molecule has 0 radical (unpaired) electrons. The van der Waals surface area contributed by atoms with Gasteiger partial charge in [0.15, 0.2) is 0 Å². The van der Waals surface area contributed by atoms with Crippen molar-refractivity contribution in [1.29, 1.82) is 0 Å². The zero-order valence-corrected chi connectivity index (χ0v) is 20.9. The fraction of sp³-hybridized carbons (Fsp3) is 0.226. The first-order valence-corrected chi connectivity index (χ1v) is 12.7. The van der Waals surface area contributed by atoms with Gasteiger partial charge in [0.2, 0.25) is 0 Å². The van der Waals surface area contributed by atoms with Crippen LogP contribution >= 0.6 is 0 Å². The molecular formula is C31H31FN4O. The SMILES string of the molecule is Cc1ccccc1[C@@H](NC1CCN(c2ccc(NC(=O)c3ccccc3F)cc2)CC1)c1ccncc1. The number of hydrogen-bond donors (Lipinski definition) is 2. The first-order valence-electron chi connectivity index (χ1n) is 12.7. The van der Waals surface area contributed by atoms with E-state index >= 15 is 0 Å². The van der Waals surface area contributed by atoms with Gasteiger partial charge in [0.1, 0.15) is 5.82 Å². The average molecular weight is 495 g/mol. The van der Waals surface area contributed by atoms with Crippen molar-refractivity contribution >= 4 is 17.3 Å². The van der Waals surface area contributed by atoms with Gasteiger partial charge in [-0.25, -0.2) is 4.39 Å². The number of nitrogens with one attached hydrogen (secondary N) is 2. The summed E-state index contributed by atoms with van der Waals surface area (Å²) in [4.78, 5) is 19.0. The van der Waals surface area contributed by atoms with Crippen LogP contribution in [0.5, 0.6) is 0 Å². The Hall–Kier alpha value is -4.03. The van der Waals surface area contributed by atoms with E-state index in [0.717, 1.165) is 31.6 Å². The number of halogens is 1. The lowest BCUT2D eigenvalue weighted by molar-refractivity contribution is 0.102. The monoisotopic (exact) mass is 494 g/mol. The molecule has 0 spiro atoms. The van der Waals surface area contributed by atoms with Crippen LogP contribution in [0.3, 0.4) is 0 Å². The Bertz CT molecular complexity index is 1330. The van der Waals surface area contributed by atoms with Crippen molar-refractivity contribution in [2.45, 2.75) is 31.8 Å². The predicted octanol–water partition coefficient (Wildman–Crippen LogP) is 6.13. The highest BCUT2D eigenvalue weighted by Gasteiger charge is 2.24. The Morgan fingerprint density at radius 3 is 2.30 bits per heavy atom. The molecule has 37 heavy (non-hydrogen) atoms. The van der Waals surface area contributed by atoms with E-state index in [-0.39, 0.29) is 11.6 Å². The van der Waals surface area contributed by atoms with Crippen LogP contribution in [-0.2, 0) is 0 Å². The van der Waals surface area contributed by atoms with E-state index in [9.17, 15) is 9.18 Å². The van der Waals surface area contributed by atoms with Crippen LogP contribution in [-0.4, -0.2) is 30.0 Å². The molecule has 4 aromatic rings. The summed E-state index contributed by atoms with van der Waals surface area (Å²) in [7, 11) is 0. The smallest absolute Gasteiger partial charge is 0.258 e. The number of carbonyl (C=O) groups is 1. The molecule has 0 saturated carbocycles. The minimum absolute atomic E-state index is 0.0388. The van der Waals surface area contributed by atoms with Crippen molar-refractivity contribution in [3.8, 4) is 0 Å². The van der Waals surface area contributed by atoms with Crippen molar-refractivity contribution in [2.24, 2.45) is 0 Å². The lowest BCUT2D eigenvalue weighted by Crippen LogP contribution is -2.44. The Labute approximate surface area is 217 Å². The van der Waals surface area contributed by atoms with E-state index in [1.807, 2.05) is 36.7 Å². The molecule has 2 heterocycles. The molecule has 1 fully saturated rings. The normalized spacial score (nSPS) is 14.8. The summed E-state index contributed by atoms with van der Waals surface area (Å²) in [5, 5.41) is 6.70. The topological polar surface area (TPSA) is 57.3 Å². The van der Waals surface area contributed by atoms with Crippen LogP contribution in [0.15, 0.2) is 97.3 Å². The summed E-state index contributed by atoms with van der Waals surface area (Å²) >= 11 is 0. The highest BCUT2D eigenvalue weighted by molar-refractivity contribution is 6.04. The molecule has 0 aliphatic carbocycles. The van der Waals surface area contributed by atoms with Crippen LogP contribution in [0.1, 0.15) is 45.9 Å². The number of hydrogen-bond acceptors (Lipinski definition) is 4. The molecule has 0 unspecified atom stereocenters. The number of aryl methyl sites for hydroxylation is 1. The van der Waals surface area contributed by atoms with E-state index in [4.69, 9.17) is 0 Å². The third-order valence-electron chi connectivity index (χ3n) is 7.05. The van der Waals surface area contributed by atoms with Gasteiger partial charge in [0.25, 0.3) is 5.91 Å². The largest absolute Gasteiger partial charge is 0.371 e. The molecule has 5 rings (SSSR count). The predicted molar refractivity (Wildman–Crippen MR) is 146 cm³/mol. The summed E-state index contributed by atoms with van der Waals surface area (Å²) in [6.45, 7) is 4.04. The molecule has 3 aromatic carbocycles. The van der Waals surface area contributed by atoms with Crippen LogP contribution in [0, 0.1) is 12.7 Å². The van der Waals surface area contributed by atoms with Crippen molar-refractivity contribution in [1.82, 2.24) is 10.3 Å². The number of benzene rings is 3. The van der Waals surface area contributed by atoms with Gasteiger partial charge in [-0.3, -0.25) is 9.78 Å². The fourth-order valence-electron chi connectivity index (χ4n) is 4.97. The Balaban J connectivity index is 1.21. The number of anilines is 2. The summed E-state index contributed by atoms with van der Waals surface area (Å²) in [5.41, 5.74) is 5.59. The van der Waals surface area contributed by atoms with Crippen molar-refractivity contribution in [3.63, 3.8) is 0 Å². The second-order valence-electron chi connectivity index (χ2n) is 9.48. The first-order chi connectivity index (χ1) is 18.1. The zero-order valence-electron chi connectivity index (χ0n) is 20.9. The Kier molecular flexibility index (Phi) is 7.57. The van der Waals surface area contributed by atoms with Gasteiger partial charge in [0, 0.05) is 42.9 Å². The van der Waals surface area contributed by atoms with Crippen LogP contribution in [0.25, 0.3) is 0 Å². The molecule has 5 nitrogen and oxygen atoms in total. The molecule has 6 heteroatoms. The average Bonchev–Trinajstić information content (AvgIpc) is 2.94. The van der Waals surface area contributed by atoms with Gasteiger partial charge in [-0.2, -0.15) is 0 Å². The second kappa shape index (κ2) is 11.4. The third-order valence-corrected chi connectivity index (χ3v) is 7.05. The fourth-order valence-corrected chi connectivity index (χ4v) is 4.97. The maximum atomic E-state index is 13.9. The molecule has 1 aliphatic rings. The van der Waals surface area contributed by atoms with Gasteiger partial charge in [-0.15, -0.1) is 0 Å². The molecule has 0 bridgehead atoms. The van der Waals surface area contributed by atoms with Crippen LogP contribution in [0.4, 0.5) is 15.8 Å². The second-order valence-corrected chi connectivity index (χ2v) is 9.48. The summed E-state index contributed by atoms with van der Waals surface area (Å²) in [6.07, 6.45) is 5.76. The van der Waals surface area contributed by atoms with Gasteiger partial charge in [-0.1, -0.05) is 36.4 Å². The number of aromatic nitrogens is 1. The number of carbonyl (C=O) groups excluding carboxylic acids is 1. The van der Waals surface area contributed by atoms with Gasteiger partial charge >= 0.3 is 0 Å². The highest BCUT2D eigenvalue weighted by atomic mass is 19.1. The minimum atomic E-state index is -0.526. The summed E-state index contributed by atoms with van der Waals surface area (Å²) < 4.78 is 13.9. The number of amides is 1. The summed E-state index contributed by atoms with van der Waals surface area (Å²) in [5.74, 6) is -0.975. The molecule has 1 amide bonds. The first kappa shape index (κ1) is 24.7. The van der Waals surface area contributed by atoms with E-state index in [1.165, 1.54) is 28.8 Å². The maximum absolute atomic E-state index is 13.9. The van der Waals surface area contributed by atoms with E-state index in [2.05, 4.69) is 63.8 Å². The minimum Gasteiger partial charge on any atom is -0.371 e. The Morgan fingerprint density at radius 2 is 1.59 bits per heavy atom. The molecule has 1 aromatic heterocycles. The number of piperidine rings is 1. The van der Waals surface area contributed by atoms with Crippen molar-refractivity contribution in [3.05, 3.63) is 125 Å². The van der Waals surface area contributed by atoms with Crippen molar-refractivity contribution in [2.75, 3.05) is 23.3 Å². The number of nitrogens with zero attached hydrogens (tertiary/aromatic N) is 2. The van der Waals surface area contributed by atoms with Crippen molar-refractivity contribution < 1.29 is 9.18 Å². The standard InChI is InChI=1S/C31H31FN4O/c1-22-6-2-3-7-27(22)30(23-14-18-33-19-15-23)34-25-16-20-36(21-17-25)26-12-10-24(11-13-26)35-31(37)28-8-4-5-9-29(28)32/h2-15,18-19,25,30,34H,16-17,20-21H2,1H3,(H,35,37)/t30-/m0/s1. The lowest BCUT2D eigenvalue weighted by atomic mass is 9.93. The summed E-state index contributed by atoms with van der Waals surface area (Å²) in [6, 6.07) is 27.0. The molecule has 1 atom stereocenters. The number of rotatable bonds is 7. The molecular weight excluding hydrogens is 463 g/mol. The molecule has 188 valence electrons. The van der Waals surface area contributed by atoms with E-state index in [0.29, 0.717) is 11.7 Å². The molecule has 1 aliphatic heterocycles. The molecule has 2 N–H and O–H groups in total. The maximum Gasteiger partial charge on any atom is 0.258 e. The molecule has 1 saturated heterocycles. The zero-order chi connectivity index (χ0) is 25.6. The third kappa shape index (κ3) is 5.87. The quantitative estimate of drug-likeness (QED) is 0.325. The van der Waals surface area contributed by atoms with Gasteiger partial charge in [0.05, 0.1) is 11.6 Å².